The van der Waals surface area contributed by atoms with Crippen LogP contribution in [0.4, 0.5) is 5.69 Å². The highest BCUT2D eigenvalue weighted by Crippen LogP contribution is 2.32. The standard InChI is InChI=1S/C28H24ClN3O4/c1-3-36-28(35)23-18(2)32(31-26(33)20-13-10-14-21(29)17-20)25(19-11-6-4-7-12-19)24(23)27(34)30-22-15-8-5-9-16-22/h4-17H,3H2,1-2H3,(H,30,34)(H,31,33). The molecule has 0 aliphatic carbocycles. The van der Waals surface area contributed by atoms with E-state index in [0.29, 0.717) is 33.2 Å². The second kappa shape index (κ2) is 10.9. The number of nitrogens with one attached hydrogen (secondary N) is 2. The number of carbonyl (C=O) groups excluding carboxylic acids is 3. The fourth-order valence-electron chi connectivity index (χ4n) is 3.88. The van der Waals surface area contributed by atoms with Crippen LogP contribution >= 0.6 is 11.6 Å². The average molecular weight is 502 g/mol. The first-order chi connectivity index (χ1) is 17.4. The van der Waals surface area contributed by atoms with Crippen LogP contribution in [0.2, 0.25) is 5.02 Å². The summed E-state index contributed by atoms with van der Waals surface area (Å²) < 4.78 is 6.75. The number of para-hydroxylation sites is 1. The van der Waals surface area contributed by atoms with Crippen molar-refractivity contribution in [3.05, 3.63) is 112 Å². The predicted octanol–water partition coefficient (Wildman–Crippen LogP) is 5.93. The Morgan fingerprint density at radius 2 is 1.53 bits per heavy atom. The van der Waals surface area contributed by atoms with Gasteiger partial charge in [0.05, 0.1) is 29.1 Å². The number of nitrogens with zero attached hydrogens (tertiary/aromatic N) is 1. The molecule has 36 heavy (non-hydrogen) atoms. The van der Waals surface area contributed by atoms with E-state index in [1.54, 1.807) is 68.4 Å². The van der Waals surface area contributed by atoms with Gasteiger partial charge in [0.2, 0.25) is 0 Å². The number of hydrogen-bond acceptors (Lipinski definition) is 4. The van der Waals surface area contributed by atoms with Crippen LogP contribution < -0.4 is 10.7 Å². The zero-order valence-electron chi connectivity index (χ0n) is 19.7. The predicted molar refractivity (Wildman–Crippen MR) is 140 cm³/mol. The van der Waals surface area contributed by atoms with E-state index in [4.69, 9.17) is 16.3 Å². The van der Waals surface area contributed by atoms with Crippen LogP contribution in [-0.2, 0) is 4.74 Å². The van der Waals surface area contributed by atoms with Crippen LogP contribution in [0.1, 0.15) is 43.7 Å². The smallest absolute Gasteiger partial charge is 0.340 e. The van der Waals surface area contributed by atoms with Crippen molar-refractivity contribution >= 4 is 35.1 Å². The number of aromatic nitrogens is 1. The van der Waals surface area contributed by atoms with Gasteiger partial charge < -0.3 is 10.1 Å². The fraction of sp³-hybridized carbons (Fsp3) is 0.107. The molecule has 8 heteroatoms. The first-order valence-corrected chi connectivity index (χ1v) is 11.7. The fourth-order valence-corrected chi connectivity index (χ4v) is 4.08. The van der Waals surface area contributed by atoms with Gasteiger partial charge in [-0.05, 0) is 44.2 Å². The maximum Gasteiger partial charge on any atom is 0.340 e. The number of benzene rings is 3. The Hall–Kier alpha value is -4.36. The van der Waals surface area contributed by atoms with Crippen molar-refractivity contribution in [3.63, 3.8) is 0 Å². The van der Waals surface area contributed by atoms with E-state index in [9.17, 15) is 14.4 Å². The molecule has 0 saturated heterocycles. The molecular formula is C28H24ClN3O4. The Morgan fingerprint density at radius 3 is 2.17 bits per heavy atom. The summed E-state index contributed by atoms with van der Waals surface area (Å²) in [6.45, 7) is 3.46. The normalized spacial score (nSPS) is 10.5. The van der Waals surface area contributed by atoms with Gasteiger partial charge in [-0.1, -0.05) is 66.2 Å². The van der Waals surface area contributed by atoms with Gasteiger partial charge in [0, 0.05) is 21.8 Å². The summed E-state index contributed by atoms with van der Waals surface area (Å²) in [6, 6.07) is 24.5. The molecule has 182 valence electrons. The summed E-state index contributed by atoms with van der Waals surface area (Å²) in [5.74, 6) is -1.64. The van der Waals surface area contributed by atoms with Crippen LogP contribution in [0.3, 0.4) is 0 Å². The molecule has 7 nitrogen and oxygen atoms in total. The van der Waals surface area contributed by atoms with Gasteiger partial charge in [0.1, 0.15) is 0 Å². The molecule has 3 aromatic carbocycles. The SMILES string of the molecule is CCOC(=O)c1c(C(=O)Nc2ccccc2)c(-c2ccccc2)n(NC(=O)c2cccc(Cl)c2)c1C. The monoisotopic (exact) mass is 501 g/mol. The van der Waals surface area contributed by atoms with Crippen molar-refractivity contribution in [2.75, 3.05) is 17.3 Å². The third kappa shape index (κ3) is 5.16. The topological polar surface area (TPSA) is 89.4 Å². The summed E-state index contributed by atoms with van der Waals surface area (Å²) in [4.78, 5) is 39.9. The van der Waals surface area contributed by atoms with E-state index in [2.05, 4.69) is 10.7 Å². The Labute approximate surface area is 213 Å². The van der Waals surface area contributed by atoms with Crippen LogP contribution in [0, 0.1) is 6.92 Å². The second-order valence-corrected chi connectivity index (χ2v) is 8.31. The number of amides is 2. The van der Waals surface area contributed by atoms with E-state index in [-0.39, 0.29) is 17.7 Å². The lowest BCUT2D eigenvalue weighted by Crippen LogP contribution is -2.25. The Bertz CT molecular complexity index is 1420. The lowest BCUT2D eigenvalue weighted by Gasteiger charge is -2.15. The molecule has 0 bridgehead atoms. The second-order valence-electron chi connectivity index (χ2n) is 7.88. The van der Waals surface area contributed by atoms with E-state index in [1.165, 1.54) is 10.7 Å². The van der Waals surface area contributed by atoms with Gasteiger partial charge in [-0.15, -0.1) is 0 Å². The van der Waals surface area contributed by atoms with E-state index >= 15 is 0 Å². The third-order valence-corrected chi connectivity index (χ3v) is 5.73. The summed E-state index contributed by atoms with van der Waals surface area (Å²) in [7, 11) is 0. The molecule has 0 saturated carbocycles. The first kappa shape index (κ1) is 24.8. The van der Waals surface area contributed by atoms with Crippen molar-refractivity contribution in [3.8, 4) is 11.3 Å². The number of ether oxygens (including phenoxy) is 1. The lowest BCUT2D eigenvalue weighted by molar-refractivity contribution is 0.0522. The summed E-state index contributed by atoms with van der Waals surface area (Å²) >= 11 is 6.07. The number of rotatable bonds is 7. The van der Waals surface area contributed by atoms with Gasteiger partial charge in [0.25, 0.3) is 11.8 Å². The van der Waals surface area contributed by atoms with Crippen LogP contribution in [-0.4, -0.2) is 29.1 Å². The first-order valence-electron chi connectivity index (χ1n) is 11.3. The van der Waals surface area contributed by atoms with E-state index < -0.39 is 17.8 Å². The quantitative estimate of drug-likeness (QED) is 0.307. The minimum Gasteiger partial charge on any atom is -0.462 e. The molecule has 2 amide bonds. The van der Waals surface area contributed by atoms with E-state index in [1.807, 2.05) is 24.3 Å². The Balaban J connectivity index is 1.91. The van der Waals surface area contributed by atoms with E-state index in [0.717, 1.165) is 0 Å². The van der Waals surface area contributed by atoms with Gasteiger partial charge in [-0.3, -0.25) is 19.7 Å². The molecule has 4 aromatic rings. The molecule has 0 unspecified atom stereocenters. The molecular weight excluding hydrogens is 478 g/mol. The largest absolute Gasteiger partial charge is 0.462 e. The Morgan fingerprint density at radius 1 is 0.861 bits per heavy atom. The van der Waals surface area contributed by atoms with Gasteiger partial charge >= 0.3 is 5.97 Å². The molecule has 0 spiro atoms. The maximum atomic E-state index is 13.6. The Kier molecular flexibility index (Phi) is 7.51. The number of hydrogen-bond donors (Lipinski definition) is 2. The molecule has 2 N–H and O–H groups in total. The molecule has 0 aliphatic rings. The molecule has 0 fully saturated rings. The summed E-state index contributed by atoms with van der Waals surface area (Å²) in [6.07, 6.45) is 0. The number of esters is 1. The molecule has 1 heterocycles. The highest BCUT2D eigenvalue weighted by Gasteiger charge is 2.32. The number of halogens is 1. The molecule has 1 aromatic heterocycles. The highest BCUT2D eigenvalue weighted by molar-refractivity contribution is 6.31. The van der Waals surface area contributed by atoms with Gasteiger partial charge in [-0.25, -0.2) is 4.79 Å². The van der Waals surface area contributed by atoms with Gasteiger partial charge in [0.15, 0.2) is 0 Å². The van der Waals surface area contributed by atoms with Gasteiger partial charge in [-0.2, -0.15) is 0 Å². The summed E-state index contributed by atoms with van der Waals surface area (Å²) in [5.41, 5.74) is 5.19. The van der Waals surface area contributed by atoms with Crippen molar-refractivity contribution < 1.29 is 19.1 Å². The molecule has 0 aliphatic heterocycles. The zero-order chi connectivity index (χ0) is 25.7. The minimum atomic E-state index is -0.666. The third-order valence-electron chi connectivity index (χ3n) is 5.49. The zero-order valence-corrected chi connectivity index (χ0v) is 20.5. The molecule has 0 atom stereocenters. The van der Waals surface area contributed by atoms with Crippen molar-refractivity contribution in [2.24, 2.45) is 0 Å². The minimum absolute atomic E-state index is 0.0653. The number of anilines is 1. The van der Waals surface area contributed by atoms with Crippen LogP contribution in [0.15, 0.2) is 84.9 Å². The molecule has 0 radical (unpaired) electrons. The number of carbonyl (C=O) groups is 3. The van der Waals surface area contributed by atoms with Crippen LogP contribution in [0.5, 0.6) is 0 Å². The van der Waals surface area contributed by atoms with Crippen LogP contribution in [0.25, 0.3) is 11.3 Å². The lowest BCUT2D eigenvalue weighted by atomic mass is 10.0. The summed E-state index contributed by atoms with van der Waals surface area (Å²) in [5, 5.41) is 3.26. The van der Waals surface area contributed by atoms with Crippen molar-refractivity contribution in [1.29, 1.82) is 0 Å². The maximum absolute atomic E-state index is 13.6. The average Bonchev–Trinajstić information content (AvgIpc) is 3.17. The van der Waals surface area contributed by atoms with Crippen molar-refractivity contribution in [1.82, 2.24) is 4.68 Å². The van der Waals surface area contributed by atoms with Crippen molar-refractivity contribution in [2.45, 2.75) is 13.8 Å². The highest BCUT2D eigenvalue weighted by atomic mass is 35.5. The molecule has 4 rings (SSSR count).